The number of hydrogen-bond donors (Lipinski definition) is 0. The number of hydrogen-bond acceptors (Lipinski definition) is 6. The van der Waals surface area contributed by atoms with E-state index < -0.39 is 5.79 Å². The fourth-order valence-electron chi connectivity index (χ4n) is 4.97. The Morgan fingerprint density at radius 3 is 2.52 bits per heavy atom. The van der Waals surface area contributed by atoms with Gasteiger partial charge in [-0.25, -0.2) is 4.98 Å². The first-order valence-corrected chi connectivity index (χ1v) is 10.9. The van der Waals surface area contributed by atoms with Gasteiger partial charge in [0.25, 0.3) is 5.79 Å². The lowest BCUT2D eigenvalue weighted by molar-refractivity contribution is -0.139. The number of rotatable bonds is 3. The summed E-state index contributed by atoms with van der Waals surface area (Å²) in [6.45, 7) is 0. The monoisotopic (exact) mass is 416 g/mol. The zero-order valence-electron chi connectivity index (χ0n) is 17.2. The van der Waals surface area contributed by atoms with Crippen LogP contribution in [0.25, 0.3) is 5.69 Å². The topological polar surface area (TPSA) is 71.3 Å². The summed E-state index contributed by atoms with van der Waals surface area (Å²) in [6.07, 6.45) is 10.4. The molecule has 1 fully saturated rings. The van der Waals surface area contributed by atoms with E-state index in [0.29, 0.717) is 24.6 Å². The number of nitrogens with zero attached hydrogens (tertiary/aromatic N) is 4. The molecular weight excluding hydrogens is 392 g/mol. The molecule has 0 saturated heterocycles. The average Bonchev–Trinajstić information content (AvgIpc) is 3.40. The molecule has 31 heavy (non-hydrogen) atoms. The minimum absolute atomic E-state index is 0.194. The van der Waals surface area contributed by atoms with Crippen LogP contribution < -0.4 is 4.74 Å². The van der Waals surface area contributed by atoms with E-state index in [2.05, 4.69) is 44.0 Å². The Balaban J connectivity index is 1.27. The first-order valence-electron chi connectivity index (χ1n) is 10.9. The third-order valence-electron chi connectivity index (χ3n) is 6.46. The molecule has 0 atom stereocenters. The van der Waals surface area contributed by atoms with Crippen molar-refractivity contribution in [2.75, 3.05) is 0 Å². The van der Waals surface area contributed by atoms with Gasteiger partial charge in [0, 0.05) is 18.2 Å². The summed E-state index contributed by atoms with van der Waals surface area (Å²) in [5.74, 6) is 2.22. The third kappa shape index (κ3) is 3.34. The van der Waals surface area contributed by atoms with Crippen LogP contribution in [0.1, 0.15) is 48.8 Å². The average molecular weight is 416 g/mol. The van der Waals surface area contributed by atoms with Crippen molar-refractivity contribution in [2.45, 2.75) is 56.3 Å². The molecule has 158 valence electrons. The molecule has 1 aromatic carbocycles. The lowest BCUT2D eigenvalue weighted by Gasteiger charge is -2.28. The molecule has 6 rings (SSSR count). The Hall–Kier alpha value is -3.35. The van der Waals surface area contributed by atoms with Gasteiger partial charge in [-0.05, 0) is 43.4 Å². The van der Waals surface area contributed by atoms with Gasteiger partial charge in [-0.2, -0.15) is 0 Å². The molecule has 3 aliphatic rings. The van der Waals surface area contributed by atoms with Crippen molar-refractivity contribution in [3.05, 3.63) is 78.4 Å². The second kappa shape index (κ2) is 7.41. The number of para-hydroxylation sites is 1. The van der Waals surface area contributed by atoms with Crippen LogP contribution >= 0.6 is 0 Å². The molecule has 7 heteroatoms. The Labute approximate surface area is 180 Å². The lowest BCUT2D eigenvalue weighted by atomic mass is 9.86. The lowest BCUT2D eigenvalue weighted by Crippen LogP contribution is -2.35. The highest BCUT2D eigenvalue weighted by atomic mass is 16.7. The SMILES string of the molecule is C1=COC2(Cc3ccccc3-n3c(nnc3C3CCC(Oc4ccccn4)CC3)C2)O1. The summed E-state index contributed by atoms with van der Waals surface area (Å²) in [4.78, 5) is 4.29. The minimum Gasteiger partial charge on any atom is -0.474 e. The highest BCUT2D eigenvalue weighted by molar-refractivity contribution is 5.45. The molecule has 0 radical (unpaired) electrons. The predicted octanol–water partition coefficient (Wildman–Crippen LogP) is 4.08. The molecule has 0 unspecified atom stereocenters. The van der Waals surface area contributed by atoms with E-state index in [0.717, 1.165) is 43.0 Å². The van der Waals surface area contributed by atoms with Crippen molar-refractivity contribution in [2.24, 2.45) is 0 Å². The molecule has 0 N–H and O–H groups in total. The Bertz CT molecular complexity index is 1100. The maximum atomic E-state index is 6.08. The molecule has 2 aromatic heterocycles. The molecule has 1 saturated carbocycles. The highest BCUT2D eigenvalue weighted by Crippen LogP contribution is 2.39. The van der Waals surface area contributed by atoms with Gasteiger partial charge in [0.1, 0.15) is 30.3 Å². The van der Waals surface area contributed by atoms with Crippen LogP contribution in [0.2, 0.25) is 0 Å². The van der Waals surface area contributed by atoms with Gasteiger partial charge in [-0.15, -0.1) is 10.2 Å². The summed E-state index contributed by atoms with van der Waals surface area (Å²) < 4.78 is 20.1. The first kappa shape index (κ1) is 18.4. The van der Waals surface area contributed by atoms with Crippen LogP contribution in [0.4, 0.5) is 0 Å². The van der Waals surface area contributed by atoms with Gasteiger partial charge >= 0.3 is 0 Å². The second-order valence-electron chi connectivity index (χ2n) is 8.47. The van der Waals surface area contributed by atoms with Crippen molar-refractivity contribution in [3.63, 3.8) is 0 Å². The van der Waals surface area contributed by atoms with E-state index in [9.17, 15) is 0 Å². The van der Waals surface area contributed by atoms with Gasteiger partial charge in [0.2, 0.25) is 5.88 Å². The van der Waals surface area contributed by atoms with E-state index in [-0.39, 0.29) is 6.10 Å². The van der Waals surface area contributed by atoms with Gasteiger partial charge < -0.3 is 14.2 Å². The van der Waals surface area contributed by atoms with Crippen LogP contribution in [-0.4, -0.2) is 31.6 Å². The summed E-state index contributed by atoms with van der Waals surface area (Å²) >= 11 is 0. The van der Waals surface area contributed by atoms with E-state index in [1.54, 1.807) is 18.7 Å². The molecule has 7 nitrogen and oxygen atoms in total. The molecule has 1 spiro atoms. The van der Waals surface area contributed by atoms with Crippen LogP contribution in [0, 0.1) is 0 Å². The molecule has 1 aliphatic carbocycles. The van der Waals surface area contributed by atoms with Gasteiger partial charge in [-0.1, -0.05) is 24.3 Å². The van der Waals surface area contributed by atoms with Crippen molar-refractivity contribution < 1.29 is 14.2 Å². The maximum Gasteiger partial charge on any atom is 0.260 e. The maximum absolute atomic E-state index is 6.08. The number of pyridine rings is 1. The standard InChI is InChI=1S/C24H24N4O3/c1-2-6-20-18(5-1)15-24(29-13-14-30-24)16-21-26-27-23(28(20)21)17-8-10-19(11-9-17)31-22-7-3-4-12-25-22/h1-7,12-14,17,19H,8-11,15-16H2. The first-order chi connectivity index (χ1) is 15.3. The molecular formula is C24H24N4O3. The summed E-state index contributed by atoms with van der Waals surface area (Å²) in [7, 11) is 0. The van der Waals surface area contributed by atoms with E-state index in [4.69, 9.17) is 14.2 Å². The van der Waals surface area contributed by atoms with Crippen molar-refractivity contribution in [3.8, 4) is 11.6 Å². The molecule has 2 aliphatic heterocycles. The van der Waals surface area contributed by atoms with Crippen LogP contribution in [-0.2, 0) is 22.3 Å². The van der Waals surface area contributed by atoms with Gasteiger partial charge in [-0.3, -0.25) is 4.57 Å². The number of benzene rings is 1. The smallest absolute Gasteiger partial charge is 0.260 e. The van der Waals surface area contributed by atoms with Crippen molar-refractivity contribution in [1.29, 1.82) is 0 Å². The third-order valence-corrected chi connectivity index (χ3v) is 6.46. The van der Waals surface area contributed by atoms with Crippen LogP contribution in [0.5, 0.6) is 5.88 Å². The van der Waals surface area contributed by atoms with Gasteiger partial charge in [0.15, 0.2) is 0 Å². The Morgan fingerprint density at radius 1 is 0.903 bits per heavy atom. The second-order valence-corrected chi connectivity index (χ2v) is 8.47. The zero-order valence-corrected chi connectivity index (χ0v) is 17.2. The minimum atomic E-state index is -0.733. The molecule has 0 bridgehead atoms. The number of ether oxygens (including phenoxy) is 3. The quantitative estimate of drug-likeness (QED) is 0.641. The zero-order chi connectivity index (χ0) is 20.7. The van der Waals surface area contributed by atoms with Crippen molar-refractivity contribution in [1.82, 2.24) is 19.7 Å². The van der Waals surface area contributed by atoms with E-state index in [1.807, 2.05) is 18.2 Å². The van der Waals surface area contributed by atoms with Crippen molar-refractivity contribution >= 4 is 0 Å². The number of fused-ring (bicyclic) bond motifs is 3. The fourth-order valence-corrected chi connectivity index (χ4v) is 4.97. The van der Waals surface area contributed by atoms with E-state index in [1.165, 1.54) is 5.56 Å². The summed E-state index contributed by atoms with van der Waals surface area (Å²) in [5.41, 5.74) is 2.30. The largest absolute Gasteiger partial charge is 0.474 e. The highest BCUT2D eigenvalue weighted by Gasteiger charge is 2.42. The van der Waals surface area contributed by atoms with Crippen LogP contribution in [0.15, 0.2) is 61.2 Å². The Kier molecular flexibility index (Phi) is 4.40. The molecule has 4 heterocycles. The number of aromatic nitrogens is 4. The predicted molar refractivity (Wildman–Crippen MR) is 113 cm³/mol. The molecule has 0 amide bonds. The molecule has 3 aromatic rings. The fraction of sp³-hybridized carbons (Fsp3) is 0.375. The Morgan fingerprint density at radius 2 is 1.71 bits per heavy atom. The summed E-state index contributed by atoms with van der Waals surface area (Å²) in [5, 5.41) is 9.23. The van der Waals surface area contributed by atoms with Gasteiger partial charge in [0.05, 0.1) is 18.5 Å². The van der Waals surface area contributed by atoms with E-state index >= 15 is 0 Å². The van der Waals surface area contributed by atoms with Crippen LogP contribution in [0.3, 0.4) is 0 Å². The summed E-state index contributed by atoms with van der Waals surface area (Å²) in [6, 6.07) is 14.2. The normalized spacial score (nSPS) is 23.4.